The molecule has 0 unspecified atom stereocenters. The van der Waals surface area contributed by atoms with Crippen LogP contribution in [0.3, 0.4) is 0 Å². The van der Waals surface area contributed by atoms with Gasteiger partial charge in [-0.2, -0.15) is 0 Å². The topological polar surface area (TPSA) is 41.8 Å². The highest BCUT2D eigenvalue weighted by Gasteiger charge is 2.14. The maximum absolute atomic E-state index is 13.0. The second-order valence-corrected chi connectivity index (χ2v) is 5.41. The van der Waals surface area contributed by atoms with E-state index in [0.717, 1.165) is 23.5 Å². The number of halogens is 1. The van der Waals surface area contributed by atoms with Gasteiger partial charge in [-0.25, -0.2) is 4.39 Å². The average Bonchev–Trinajstić information content (AvgIpc) is 2.62. The van der Waals surface area contributed by atoms with E-state index in [2.05, 4.69) is 9.98 Å². The second-order valence-electron chi connectivity index (χ2n) is 5.41. The standard InChI is InChI=1S/C18H15FN2O/c1-11-9-12(2)21-17-10-14(5-8-16(17)20-11)18(22)13-3-6-15(19)7-4-13/h3-8,10H,9H2,1-2H3. The first kappa shape index (κ1) is 14.3. The fourth-order valence-corrected chi connectivity index (χ4v) is 2.48. The summed E-state index contributed by atoms with van der Waals surface area (Å²) in [4.78, 5) is 21.5. The number of hydrogen-bond donors (Lipinski definition) is 0. The minimum atomic E-state index is -0.358. The number of benzene rings is 2. The normalized spacial score (nSPS) is 13.8. The van der Waals surface area contributed by atoms with Crippen LogP contribution in [0.2, 0.25) is 0 Å². The van der Waals surface area contributed by atoms with Gasteiger partial charge in [-0.3, -0.25) is 14.8 Å². The zero-order valence-electron chi connectivity index (χ0n) is 12.4. The third-order valence-electron chi connectivity index (χ3n) is 3.48. The predicted molar refractivity (Wildman–Crippen MR) is 86.4 cm³/mol. The van der Waals surface area contributed by atoms with Crippen molar-refractivity contribution in [1.29, 1.82) is 0 Å². The highest BCUT2D eigenvalue weighted by Crippen LogP contribution is 2.32. The van der Waals surface area contributed by atoms with Gasteiger partial charge in [0.1, 0.15) is 5.82 Å². The van der Waals surface area contributed by atoms with Crippen molar-refractivity contribution in [3.63, 3.8) is 0 Å². The molecule has 0 bridgehead atoms. The Morgan fingerprint density at radius 2 is 1.50 bits per heavy atom. The lowest BCUT2D eigenvalue weighted by Gasteiger charge is -2.05. The van der Waals surface area contributed by atoms with Gasteiger partial charge in [-0.15, -0.1) is 0 Å². The molecular weight excluding hydrogens is 279 g/mol. The van der Waals surface area contributed by atoms with E-state index in [1.54, 1.807) is 18.2 Å². The molecule has 0 saturated carbocycles. The smallest absolute Gasteiger partial charge is 0.193 e. The second kappa shape index (κ2) is 5.64. The molecule has 2 aromatic carbocycles. The van der Waals surface area contributed by atoms with Crippen molar-refractivity contribution in [2.75, 3.05) is 0 Å². The average molecular weight is 294 g/mol. The third-order valence-corrected chi connectivity index (χ3v) is 3.48. The summed E-state index contributed by atoms with van der Waals surface area (Å²) in [6.45, 7) is 3.91. The molecule has 0 aromatic heterocycles. The summed E-state index contributed by atoms with van der Waals surface area (Å²) in [5, 5.41) is 0. The number of nitrogens with zero attached hydrogens (tertiary/aromatic N) is 2. The molecule has 0 N–H and O–H groups in total. The fraction of sp³-hybridized carbons (Fsp3) is 0.167. The van der Waals surface area contributed by atoms with E-state index in [1.165, 1.54) is 24.3 Å². The fourth-order valence-electron chi connectivity index (χ4n) is 2.48. The number of ketones is 1. The zero-order valence-corrected chi connectivity index (χ0v) is 12.4. The van der Waals surface area contributed by atoms with Gasteiger partial charge in [-0.1, -0.05) is 0 Å². The molecule has 3 nitrogen and oxygen atoms in total. The first-order valence-electron chi connectivity index (χ1n) is 7.05. The first-order chi connectivity index (χ1) is 10.5. The summed E-state index contributed by atoms with van der Waals surface area (Å²) in [6, 6.07) is 10.8. The molecule has 0 radical (unpaired) electrons. The van der Waals surface area contributed by atoms with Crippen LogP contribution in [0.25, 0.3) is 0 Å². The SMILES string of the molecule is CC1=Nc2ccc(C(=O)c3ccc(F)cc3)cc2N=C(C)C1. The van der Waals surface area contributed by atoms with E-state index in [0.29, 0.717) is 16.8 Å². The van der Waals surface area contributed by atoms with E-state index < -0.39 is 0 Å². The minimum absolute atomic E-state index is 0.152. The van der Waals surface area contributed by atoms with Crippen LogP contribution in [0.5, 0.6) is 0 Å². The Hall–Kier alpha value is -2.62. The van der Waals surface area contributed by atoms with Crippen LogP contribution >= 0.6 is 0 Å². The monoisotopic (exact) mass is 294 g/mol. The van der Waals surface area contributed by atoms with E-state index in [9.17, 15) is 9.18 Å². The Balaban J connectivity index is 2.02. The van der Waals surface area contributed by atoms with Crippen molar-refractivity contribution in [2.24, 2.45) is 9.98 Å². The van der Waals surface area contributed by atoms with Gasteiger partial charge < -0.3 is 0 Å². The molecule has 3 rings (SSSR count). The largest absolute Gasteiger partial charge is 0.289 e. The molecule has 0 spiro atoms. The molecule has 0 saturated heterocycles. The van der Waals surface area contributed by atoms with Gasteiger partial charge in [-0.05, 0) is 56.3 Å². The quantitative estimate of drug-likeness (QED) is 0.744. The molecule has 0 fully saturated rings. The summed E-state index contributed by atoms with van der Waals surface area (Å²) in [5.74, 6) is -0.510. The van der Waals surface area contributed by atoms with Crippen LogP contribution in [-0.4, -0.2) is 17.2 Å². The van der Waals surface area contributed by atoms with E-state index >= 15 is 0 Å². The van der Waals surface area contributed by atoms with Gasteiger partial charge in [0, 0.05) is 29.0 Å². The number of aliphatic imine (C=N–C) groups is 2. The van der Waals surface area contributed by atoms with E-state index in [-0.39, 0.29) is 11.6 Å². The van der Waals surface area contributed by atoms with Crippen molar-refractivity contribution in [2.45, 2.75) is 20.3 Å². The first-order valence-corrected chi connectivity index (χ1v) is 7.05. The lowest BCUT2D eigenvalue weighted by Crippen LogP contribution is -2.01. The van der Waals surface area contributed by atoms with Crippen LogP contribution in [0.15, 0.2) is 52.4 Å². The summed E-state index contributed by atoms with van der Waals surface area (Å²) in [5.41, 5.74) is 4.41. The Morgan fingerprint density at radius 3 is 2.18 bits per heavy atom. The number of fused-ring (bicyclic) bond motifs is 1. The van der Waals surface area contributed by atoms with Crippen LogP contribution in [0.4, 0.5) is 15.8 Å². The minimum Gasteiger partial charge on any atom is -0.289 e. The van der Waals surface area contributed by atoms with Gasteiger partial charge in [0.15, 0.2) is 5.78 Å². The number of rotatable bonds is 2. The highest BCUT2D eigenvalue weighted by atomic mass is 19.1. The van der Waals surface area contributed by atoms with Gasteiger partial charge in [0.2, 0.25) is 0 Å². The molecule has 0 amide bonds. The van der Waals surface area contributed by atoms with E-state index in [4.69, 9.17) is 0 Å². The Kier molecular flexibility index (Phi) is 3.67. The van der Waals surface area contributed by atoms with Crippen molar-refractivity contribution in [3.8, 4) is 0 Å². The molecule has 2 aromatic rings. The Labute approximate surface area is 128 Å². The Morgan fingerprint density at radius 1 is 0.909 bits per heavy atom. The molecule has 1 aliphatic rings. The maximum atomic E-state index is 13.0. The maximum Gasteiger partial charge on any atom is 0.193 e. The molecule has 4 heteroatoms. The number of carbonyl (C=O) groups is 1. The number of hydrogen-bond acceptors (Lipinski definition) is 3. The van der Waals surface area contributed by atoms with Crippen molar-refractivity contribution in [1.82, 2.24) is 0 Å². The van der Waals surface area contributed by atoms with Gasteiger partial charge in [0.05, 0.1) is 11.4 Å². The van der Waals surface area contributed by atoms with E-state index in [1.807, 2.05) is 13.8 Å². The summed E-state index contributed by atoms with van der Waals surface area (Å²) in [6.07, 6.45) is 0.732. The summed E-state index contributed by atoms with van der Waals surface area (Å²) < 4.78 is 13.0. The lowest BCUT2D eigenvalue weighted by molar-refractivity contribution is 0.103. The van der Waals surface area contributed by atoms with Crippen LogP contribution in [0, 0.1) is 5.82 Å². The van der Waals surface area contributed by atoms with Crippen LogP contribution in [-0.2, 0) is 0 Å². The molecule has 1 aliphatic heterocycles. The van der Waals surface area contributed by atoms with Crippen molar-refractivity contribution < 1.29 is 9.18 Å². The van der Waals surface area contributed by atoms with Crippen molar-refractivity contribution in [3.05, 3.63) is 59.4 Å². The molecule has 0 aliphatic carbocycles. The van der Waals surface area contributed by atoms with Gasteiger partial charge in [0.25, 0.3) is 0 Å². The van der Waals surface area contributed by atoms with Crippen LogP contribution < -0.4 is 0 Å². The predicted octanol–water partition coefficient (Wildman–Crippen LogP) is 4.65. The molecular formula is C18H15FN2O. The molecule has 22 heavy (non-hydrogen) atoms. The third kappa shape index (κ3) is 2.86. The summed E-state index contributed by atoms with van der Waals surface area (Å²) in [7, 11) is 0. The summed E-state index contributed by atoms with van der Waals surface area (Å²) >= 11 is 0. The zero-order chi connectivity index (χ0) is 15.7. The number of carbonyl (C=O) groups excluding carboxylic acids is 1. The molecule has 110 valence electrons. The Bertz CT molecular complexity index is 804. The van der Waals surface area contributed by atoms with Gasteiger partial charge >= 0.3 is 0 Å². The van der Waals surface area contributed by atoms with Crippen molar-refractivity contribution >= 4 is 28.6 Å². The molecule has 0 atom stereocenters. The highest BCUT2D eigenvalue weighted by molar-refractivity contribution is 6.11. The molecule has 1 heterocycles. The van der Waals surface area contributed by atoms with Crippen LogP contribution in [0.1, 0.15) is 36.2 Å². The lowest BCUT2D eigenvalue weighted by atomic mass is 10.0.